The highest BCUT2D eigenvalue weighted by atomic mass is 35.5. The van der Waals surface area contributed by atoms with Gasteiger partial charge in [-0.15, -0.1) is 0 Å². The molecule has 0 atom stereocenters. The Morgan fingerprint density at radius 2 is 2.00 bits per heavy atom. The van der Waals surface area contributed by atoms with Gasteiger partial charge in [-0.05, 0) is 60.5 Å². The first kappa shape index (κ1) is 22.1. The van der Waals surface area contributed by atoms with Crippen LogP contribution in [-0.4, -0.2) is 30.4 Å². The molecule has 2 aromatic carbocycles. The topological polar surface area (TPSA) is 81.9 Å². The maximum Gasteiger partial charge on any atom is 0.276 e. The molecule has 8 heteroatoms. The van der Waals surface area contributed by atoms with Crippen LogP contribution in [0, 0.1) is 0 Å². The van der Waals surface area contributed by atoms with Gasteiger partial charge >= 0.3 is 0 Å². The third kappa shape index (κ3) is 5.73. The van der Waals surface area contributed by atoms with E-state index in [1.54, 1.807) is 49.7 Å². The molecule has 0 radical (unpaired) electrons. The number of ether oxygens (including phenoxy) is 2. The largest absolute Gasteiger partial charge is 0.493 e. The smallest absolute Gasteiger partial charge is 0.276 e. The van der Waals surface area contributed by atoms with Gasteiger partial charge in [0, 0.05) is 11.2 Å². The Hall–Kier alpha value is -3.58. The summed E-state index contributed by atoms with van der Waals surface area (Å²) in [4.78, 5) is 25.2. The molecule has 0 bridgehead atoms. The number of methoxy groups -OCH3 is 1. The molecule has 1 N–H and O–H groups in total. The van der Waals surface area contributed by atoms with Crippen molar-refractivity contribution in [2.24, 2.45) is 5.10 Å². The zero-order valence-corrected chi connectivity index (χ0v) is 17.9. The molecule has 31 heavy (non-hydrogen) atoms. The van der Waals surface area contributed by atoms with Gasteiger partial charge in [0.25, 0.3) is 11.5 Å². The van der Waals surface area contributed by atoms with Crippen LogP contribution in [0.4, 0.5) is 0 Å². The molecule has 0 fully saturated rings. The molecule has 0 saturated carbocycles. The van der Waals surface area contributed by atoms with Crippen LogP contribution < -0.4 is 20.5 Å². The van der Waals surface area contributed by atoms with Crippen molar-refractivity contribution in [2.75, 3.05) is 13.7 Å². The zero-order valence-electron chi connectivity index (χ0n) is 17.2. The molecule has 1 aromatic heterocycles. The number of rotatable bonds is 8. The molecule has 1 heterocycles. The highest BCUT2D eigenvalue weighted by Crippen LogP contribution is 2.27. The third-order valence-corrected chi connectivity index (χ3v) is 4.61. The first-order chi connectivity index (χ1) is 15.0. The molecule has 0 saturated heterocycles. The van der Waals surface area contributed by atoms with Crippen molar-refractivity contribution < 1.29 is 14.3 Å². The predicted octanol–water partition coefficient (Wildman–Crippen LogP) is 3.72. The predicted molar refractivity (Wildman–Crippen MR) is 120 cm³/mol. The van der Waals surface area contributed by atoms with E-state index in [1.807, 2.05) is 19.1 Å². The first-order valence-corrected chi connectivity index (χ1v) is 9.97. The van der Waals surface area contributed by atoms with E-state index in [9.17, 15) is 9.59 Å². The molecular formula is C23H22ClN3O4. The molecule has 160 valence electrons. The van der Waals surface area contributed by atoms with Crippen LogP contribution in [0.25, 0.3) is 0 Å². The molecule has 0 aliphatic carbocycles. The lowest BCUT2D eigenvalue weighted by Gasteiger charge is -2.09. The fourth-order valence-corrected chi connectivity index (χ4v) is 3.14. The summed E-state index contributed by atoms with van der Waals surface area (Å²) in [6, 6.07) is 15.6. The molecule has 3 rings (SSSR count). The molecule has 0 aliphatic rings. The Bertz CT molecular complexity index is 1160. The van der Waals surface area contributed by atoms with Crippen LogP contribution in [0.3, 0.4) is 0 Å². The van der Waals surface area contributed by atoms with E-state index >= 15 is 0 Å². The lowest BCUT2D eigenvalue weighted by Crippen LogP contribution is -2.30. The van der Waals surface area contributed by atoms with E-state index < -0.39 is 11.5 Å². The van der Waals surface area contributed by atoms with Crippen LogP contribution in [-0.2, 0) is 6.54 Å². The summed E-state index contributed by atoms with van der Waals surface area (Å²) >= 11 is 6.00. The molecule has 3 aromatic rings. The molecule has 7 nitrogen and oxygen atoms in total. The van der Waals surface area contributed by atoms with Gasteiger partial charge in [0.1, 0.15) is 5.56 Å². The Morgan fingerprint density at radius 3 is 2.74 bits per heavy atom. The third-order valence-electron chi connectivity index (χ3n) is 4.37. The Morgan fingerprint density at radius 1 is 1.16 bits per heavy atom. The Kier molecular flexibility index (Phi) is 7.45. The fourth-order valence-electron chi connectivity index (χ4n) is 2.93. The lowest BCUT2D eigenvalue weighted by atomic mass is 10.2. The maximum atomic E-state index is 12.7. The van der Waals surface area contributed by atoms with Crippen molar-refractivity contribution in [1.29, 1.82) is 0 Å². The quantitative estimate of drug-likeness (QED) is 0.428. The van der Waals surface area contributed by atoms with Crippen LogP contribution >= 0.6 is 11.6 Å². The minimum absolute atomic E-state index is 0.00838. The molecule has 0 aliphatic heterocycles. The van der Waals surface area contributed by atoms with Crippen molar-refractivity contribution in [3.8, 4) is 11.5 Å². The van der Waals surface area contributed by atoms with Crippen LogP contribution in [0.5, 0.6) is 11.5 Å². The summed E-state index contributed by atoms with van der Waals surface area (Å²) < 4.78 is 12.2. The summed E-state index contributed by atoms with van der Waals surface area (Å²) in [5, 5.41) is 4.53. The summed E-state index contributed by atoms with van der Waals surface area (Å²) in [6.07, 6.45) is 3.08. The summed E-state index contributed by atoms with van der Waals surface area (Å²) in [5.74, 6) is 0.583. The number of nitrogens with zero attached hydrogens (tertiary/aromatic N) is 2. The SMILES string of the molecule is CCOc1ccc(/C=N\NC(=O)c2cccn(Cc3cccc(Cl)c3)c2=O)cc1OC. The molecule has 0 unspecified atom stereocenters. The average molecular weight is 440 g/mol. The van der Waals surface area contributed by atoms with Gasteiger partial charge in [0.05, 0.1) is 26.5 Å². The van der Waals surface area contributed by atoms with Gasteiger partial charge in [-0.1, -0.05) is 23.7 Å². The van der Waals surface area contributed by atoms with Crippen LogP contribution in [0.2, 0.25) is 5.02 Å². The van der Waals surface area contributed by atoms with Gasteiger partial charge in [-0.25, -0.2) is 5.43 Å². The highest BCUT2D eigenvalue weighted by molar-refractivity contribution is 6.30. The summed E-state index contributed by atoms with van der Waals surface area (Å²) in [6.45, 7) is 2.71. The van der Waals surface area contributed by atoms with Crippen LogP contribution in [0.1, 0.15) is 28.4 Å². The lowest BCUT2D eigenvalue weighted by molar-refractivity contribution is 0.0953. The van der Waals surface area contributed by atoms with Crippen molar-refractivity contribution in [3.05, 3.63) is 92.9 Å². The van der Waals surface area contributed by atoms with E-state index in [1.165, 1.54) is 16.8 Å². The van der Waals surface area contributed by atoms with Crippen molar-refractivity contribution >= 4 is 23.7 Å². The molecule has 1 amide bonds. The first-order valence-electron chi connectivity index (χ1n) is 9.60. The summed E-state index contributed by atoms with van der Waals surface area (Å²) in [7, 11) is 1.55. The highest BCUT2D eigenvalue weighted by Gasteiger charge is 2.12. The van der Waals surface area contributed by atoms with E-state index in [-0.39, 0.29) is 5.56 Å². The van der Waals surface area contributed by atoms with Gasteiger partial charge in [-0.2, -0.15) is 5.10 Å². The van der Waals surface area contributed by atoms with Crippen LogP contribution in [0.15, 0.2) is 70.7 Å². The van der Waals surface area contributed by atoms with Gasteiger partial charge < -0.3 is 14.0 Å². The van der Waals surface area contributed by atoms with E-state index in [2.05, 4.69) is 10.5 Å². The van der Waals surface area contributed by atoms with Crippen molar-refractivity contribution in [1.82, 2.24) is 9.99 Å². The zero-order chi connectivity index (χ0) is 22.2. The number of pyridine rings is 1. The van der Waals surface area contributed by atoms with E-state index in [0.717, 1.165) is 5.56 Å². The molecular weight excluding hydrogens is 418 g/mol. The maximum absolute atomic E-state index is 12.7. The van der Waals surface area contributed by atoms with Crippen molar-refractivity contribution in [2.45, 2.75) is 13.5 Å². The number of carbonyl (C=O) groups excluding carboxylic acids is 1. The second-order valence-corrected chi connectivity index (χ2v) is 6.96. The Labute approximate surface area is 184 Å². The van der Waals surface area contributed by atoms with Crippen molar-refractivity contribution in [3.63, 3.8) is 0 Å². The second-order valence-electron chi connectivity index (χ2n) is 6.53. The number of hydrogen-bond acceptors (Lipinski definition) is 5. The number of hydrazone groups is 1. The summed E-state index contributed by atoms with van der Waals surface area (Å²) in [5.41, 5.74) is 3.52. The number of aromatic nitrogens is 1. The number of halogens is 1. The van der Waals surface area contributed by atoms with Gasteiger partial charge in [0.15, 0.2) is 11.5 Å². The van der Waals surface area contributed by atoms with E-state index in [4.69, 9.17) is 21.1 Å². The minimum Gasteiger partial charge on any atom is -0.493 e. The van der Waals surface area contributed by atoms with E-state index in [0.29, 0.717) is 35.2 Å². The fraction of sp³-hybridized carbons (Fsp3) is 0.174. The Balaban J connectivity index is 1.71. The normalized spacial score (nSPS) is 10.8. The monoisotopic (exact) mass is 439 g/mol. The number of amides is 1. The number of benzene rings is 2. The number of nitrogens with one attached hydrogen (secondary N) is 1. The molecule has 0 spiro atoms. The van der Waals surface area contributed by atoms with Gasteiger partial charge in [-0.3, -0.25) is 9.59 Å². The second kappa shape index (κ2) is 10.4. The average Bonchev–Trinajstić information content (AvgIpc) is 2.76. The van der Waals surface area contributed by atoms with Gasteiger partial charge in [0.2, 0.25) is 0 Å². The number of hydrogen-bond donors (Lipinski definition) is 1. The minimum atomic E-state index is -0.598. The number of carbonyl (C=O) groups is 1. The standard InChI is InChI=1S/C23H22ClN3O4/c1-3-31-20-10-9-16(13-21(20)30-2)14-25-26-22(28)19-8-5-11-27(23(19)29)15-17-6-4-7-18(24)12-17/h4-14H,3,15H2,1-2H3,(H,26,28)/b25-14-.